The smallest absolute Gasteiger partial charge is 0.125 e. The maximum Gasteiger partial charge on any atom is 0.125 e. The quantitative estimate of drug-likeness (QED) is 0.760. The van der Waals surface area contributed by atoms with Crippen molar-refractivity contribution in [1.29, 1.82) is 0 Å². The van der Waals surface area contributed by atoms with Crippen molar-refractivity contribution in [3.63, 3.8) is 0 Å². The van der Waals surface area contributed by atoms with Gasteiger partial charge in [-0.1, -0.05) is 38.1 Å². The van der Waals surface area contributed by atoms with Gasteiger partial charge in [0.1, 0.15) is 5.82 Å². The van der Waals surface area contributed by atoms with Crippen LogP contribution in [0.25, 0.3) is 11.1 Å². The topological polar surface area (TPSA) is 25.8 Å². The molecule has 0 aliphatic carbocycles. The van der Waals surface area contributed by atoms with Gasteiger partial charge in [-0.05, 0) is 24.0 Å². The van der Waals surface area contributed by atoms with E-state index in [1.54, 1.807) is 0 Å². The van der Waals surface area contributed by atoms with Gasteiger partial charge in [0, 0.05) is 18.0 Å². The van der Waals surface area contributed by atoms with Crippen LogP contribution in [0.3, 0.4) is 0 Å². The lowest BCUT2D eigenvalue weighted by Gasteiger charge is -2.07. The number of hydrogen-bond acceptors (Lipinski definition) is 2. The Balaban J connectivity index is 2.40. The van der Waals surface area contributed by atoms with Gasteiger partial charge in [-0.25, -0.2) is 9.97 Å². The van der Waals surface area contributed by atoms with Gasteiger partial charge < -0.3 is 0 Å². The first kappa shape index (κ1) is 10.8. The number of hydrogen-bond donors (Lipinski definition) is 0. The van der Waals surface area contributed by atoms with E-state index in [9.17, 15) is 0 Å². The molecule has 0 aliphatic rings. The van der Waals surface area contributed by atoms with E-state index >= 15 is 0 Å². The molecule has 2 rings (SSSR count). The van der Waals surface area contributed by atoms with Crippen LogP contribution in [0.2, 0.25) is 0 Å². The second-order valence-corrected chi connectivity index (χ2v) is 4.30. The third-order valence-corrected chi connectivity index (χ3v) is 2.67. The lowest BCUT2D eigenvalue weighted by Crippen LogP contribution is -1.90. The minimum Gasteiger partial charge on any atom is -0.241 e. The van der Waals surface area contributed by atoms with Crippen LogP contribution >= 0.6 is 0 Å². The maximum atomic E-state index is 4.22. The number of nitrogens with zero attached hydrogens (tertiary/aromatic N) is 2. The lowest BCUT2D eigenvalue weighted by atomic mass is 9.99. The minimum atomic E-state index is 0.548. The van der Waals surface area contributed by atoms with E-state index in [4.69, 9.17) is 0 Å². The standard InChI is InChI=1S/C14H16N2/c1-10(2)12-5-4-6-13(7-12)14-8-15-11(3)16-9-14/h4-10H,1-3H3. The molecule has 2 nitrogen and oxygen atoms in total. The monoisotopic (exact) mass is 212 g/mol. The van der Waals surface area contributed by atoms with E-state index in [0.717, 1.165) is 11.4 Å². The fourth-order valence-electron chi connectivity index (χ4n) is 1.62. The molecule has 0 spiro atoms. The number of benzene rings is 1. The normalized spacial score (nSPS) is 10.8. The Morgan fingerprint density at radius 1 is 1.00 bits per heavy atom. The van der Waals surface area contributed by atoms with E-state index in [1.165, 1.54) is 11.1 Å². The molecule has 0 unspecified atom stereocenters. The fourth-order valence-corrected chi connectivity index (χ4v) is 1.62. The molecule has 82 valence electrons. The molecule has 0 fully saturated rings. The highest BCUT2D eigenvalue weighted by Crippen LogP contribution is 2.22. The Kier molecular flexibility index (Phi) is 3.00. The van der Waals surface area contributed by atoms with Gasteiger partial charge in [0.15, 0.2) is 0 Å². The van der Waals surface area contributed by atoms with Crippen LogP contribution in [0.15, 0.2) is 36.7 Å². The minimum absolute atomic E-state index is 0.548. The average molecular weight is 212 g/mol. The summed E-state index contributed by atoms with van der Waals surface area (Å²) in [5, 5.41) is 0. The summed E-state index contributed by atoms with van der Waals surface area (Å²) >= 11 is 0. The highest BCUT2D eigenvalue weighted by molar-refractivity contribution is 5.62. The van der Waals surface area contributed by atoms with E-state index < -0.39 is 0 Å². The molecular formula is C14H16N2. The summed E-state index contributed by atoms with van der Waals surface area (Å²) in [5.41, 5.74) is 3.61. The van der Waals surface area contributed by atoms with Gasteiger partial charge >= 0.3 is 0 Å². The van der Waals surface area contributed by atoms with E-state index in [2.05, 4.69) is 48.1 Å². The Bertz CT molecular complexity index is 472. The highest BCUT2D eigenvalue weighted by atomic mass is 14.8. The van der Waals surface area contributed by atoms with Crippen molar-refractivity contribution in [3.05, 3.63) is 48.0 Å². The van der Waals surface area contributed by atoms with Crippen LogP contribution in [0.1, 0.15) is 31.2 Å². The van der Waals surface area contributed by atoms with Crippen molar-refractivity contribution in [2.45, 2.75) is 26.7 Å². The predicted octanol–water partition coefficient (Wildman–Crippen LogP) is 3.58. The van der Waals surface area contributed by atoms with Gasteiger partial charge in [0.2, 0.25) is 0 Å². The molecule has 1 aromatic carbocycles. The molecular weight excluding hydrogens is 196 g/mol. The zero-order valence-electron chi connectivity index (χ0n) is 9.94. The number of rotatable bonds is 2. The van der Waals surface area contributed by atoms with Crippen LogP contribution in [0.5, 0.6) is 0 Å². The summed E-state index contributed by atoms with van der Waals surface area (Å²) in [6.45, 7) is 6.30. The summed E-state index contributed by atoms with van der Waals surface area (Å²) in [6.07, 6.45) is 3.75. The highest BCUT2D eigenvalue weighted by Gasteiger charge is 2.02. The van der Waals surface area contributed by atoms with Crippen LogP contribution in [0.4, 0.5) is 0 Å². The van der Waals surface area contributed by atoms with Gasteiger partial charge in [0.05, 0.1) is 0 Å². The zero-order valence-corrected chi connectivity index (χ0v) is 9.94. The van der Waals surface area contributed by atoms with Gasteiger partial charge in [-0.2, -0.15) is 0 Å². The largest absolute Gasteiger partial charge is 0.241 e. The molecule has 2 heteroatoms. The predicted molar refractivity (Wildman–Crippen MR) is 66.3 cm³/mol. The number of aromatic nitrogens is 2. The molecule has 0 bridgehead atoms. The third-order valence-electron chi connectivity index (χ3n) is 2.67. The zero-order chi connectivity index (χ0) is 11.5. The second kappa shape index (κ2) is 4.44. The molecule has 0 saturated carbocycles. The summed E-state index contributed by atoms with van der Waals surface area (Å²) in [4.78, 5) is 8.44. The Morgan fingerprint density at radius 3 is 2.31 bits per heavy atom. The van der Waals surface area contributed by atoms with Gasteiger partial charge in [-0.15, -0.1) is 0 Å². The summed E-state index contributed by atoms with van der Waals surface area (Å²) < 4.78 is 0. The van der Waals surface area contributed by atoms with E-state index in [0.29, 0.717) is 5.92 Å². The van der Waals surface area contributed by atoms with Crippen molar-refractivity contribution < 1.29 is 0 Å². The SMILES string of the molecule is Cc1ncc(-c2cccc(C(C)C)c2)cn1. The first-order valence-electron chi connectivity index (χ1n) is 5.56. The second-order valence-electron chi connectivity index (χ2n) is 4.30. The molecule has 1 aromatic heterocycles. The first-order valence-corrected chi connectivity index (χ1v) is 5.56. The van der Waals surface area contributed by atoms with Gasteiger partial charge in [0.25, 0.3) is 0 Å². The Labute approximate surface area is 96.4 Å². The Hall–Kier alpha value is -1.70. The van der Waals surface area contributed by atoms with Crippen molar-refractivity contribution in [1.82, 2.24) is 9.97 Å². The molecule has 0 aliphatic heterocycles. The number of aryl methyl sites for hydroxylation is 1. The molecule has 0 amide bonds. The first-order chi connectivity index (χ1) is 7.66. The van der Waals surface area contributed by atoms with Crippen LogP contribution in [-0.2, 0) is 0 Å². The van der Waals surface area contributed by atoms with Crippen LogP contribution in [0, 0.1) is 6.92 Å². The third kappa shape index (κ3) is 2.27. The molecule has 0 radical (unpaired) electrons. The van der Waals surface area contributed by atoms with Crippen LogP contribution < -0.4 is 0 Å². The van der Waals surface area contributed by atoms with Crippen molar-refractivity contribution in [2.75, 3.05) is 0 Å². The van der Waals surface area contributed by atoms with Crippen molar-refractivity contribution in [3.8, 4) is 11.1 Å². The molecule has 16 heavy (non-hydrogen) atoms. The summed E-state index contributed by atoms with van der Waals surface area (Å²) in [6, 6.07) is 8.55. The van der Waals surface area contributed by atoms with Crippen LogP contribution in [-0.4, -0.2) is 9.97 Å². The maximum absolute atomic E-state index is 4.22. The molecule has 2 aromatic rings. The van der Waals surface area contributed by atoms with E-state index in [-0.39, 0.29) is 0 Å². The van der Waals surface area contributed by atoms with Gasteiger partial charge in [-0.3, -0.25) is 0 Å². The fraction of sp³-hybridized carbons (Fsp3) is 0.286. The summed E-state index contributed by atoms with van der Waals surface area (Å²) in [5.74, 6) is 1.36. The van der Waals surface area contributed by atoms with Crippen molar-refractivity contribution >= 4 is 0 Å². The molecule has 0 saturated heterocycles. The van der Waals surface area contributed by atoms with Crippen molar-refractivity contribution in [2.24, 2.45) is 0 Å². The van der Waals surface area contributed by atoms with E-state index in [1.807, 2.05) is 19.3 Å². The average Bonchev–Trinajstić information content (AvgIpc) is 2.30. The Morgan fingerprint density at radius 2 is 1.69 bits per heavy atom. The lowest BCUT2D eigenvalue weighted by molar-refractivity contribution is 0.867. The molecule has 0 N–H and O–H groups in total. The molecule has 0 atom stereocenters. The molecule has 1 heterocycles. The summed E-state index contributed by atoms with van der Waals surface area (Å²) in [7, 11) is 0.